The standard InChI is InChI=1S/C16H13N3/c17-19-18-9-3-4-12-7-8-16-14(10-12)11-13-5-1-2-6-15(13)16/h1-8,10H,9,11H2. The van der Waals surface area contributed by atoms with E-state index in [1.54, 1.807) is 0 Å². The van der Waals surface area contributed by atoms with Gasteiger partial charge in [0.15, 0.2) is 0 Å². The summed E-state index contributed by atoms with van der Waals surface area (Å²) in [5.74, 6) is 0. The van der Waals surface area contributed by atoms with E-state index >= 15 is 0 Å². The van der Waals surface area contributed by atoms with Crippen molar-refractivity contribution in [3.63, 3.8) is 0 Å². The Hall–Kier alpha value is -2.51. The third kappa shape index (κ3) is 2.24. The molecule has 2 aromatic carbocycles. The molecule has 3 rings (SSSR count). The minimum Gasteiger partial charge on any atom is -0.0899 e. The van der Waals surface area contributed by atoms with Crippen molar-refractivity contribution in [2.45, 2.75) is 6.42 Å². The van der Waals surface area contributed by atoms with Crippen LogP contribution in [-0.4, -0.2) is 6.54 Å². The van der Waals surface area contributed by atoms with Crippen LogP contribution in [0, 0.1) is 0 Å². The first-order chi connectivity index (χ1) is 9.38. The first kappa shape index (κ1) is 11.6. The van der Waals surface area contributed by atoms with Gasteiger partial charge in [-0.05, 0) is 39.8 Å². The number of azide groups is 1. The number of hydrogen-bond donors (Lipinski definition) is 0. The van der Waals surface area contributed by atoms with Gasteiger partial charge in [0.05, 0.1) is 0 Å². The Bertz CT molecular complexity index is 695. The molecule has 0 N–H and O–H groups in total. The van der Waals surface area contributed by atoms with Crippen molar-refractivity contribution in [1.82, 2.24) is 0 Å². The first-order valence-electron chi connectivity index (χ1n) is 6.27. The number of fused-ring (bicyclic) bond motifs is 3. The van der Waals surface area contributed by atoms with Crippen LogP contribution in [0.15, 0.2) is 53.7 Å². The van der Waals surface area contributed by atoms with Gasteiger partial charge in [-0.15, -0.1) is 0 Å². The molecule has 1 aliphatic rings. The van der Waals surface area contributed by atoms with E-state index in [9.17, 15) is 0 Å². The maximum Gasteiger partial charge on any atom is 0.0443 e. The molecular formula is C16H13N3. The summed E-state index contributed by atoms with van der Waals surface area (Å²) >= 11 is 0. The smallest absolute Gasteiger partial charge is 0.0443 e. The Morgan fingerprint density at radius 2 is 1.95 bits per heavy atom. The lowest BCUT2D eigenvalue weighted by Gasteiger charge is -2.01. The maximum absolute atomic E-state index is 8.21. The van der Waals surface area contributed by atoms with Crippen LogP contribution in [0.2, 0.25) is 0 Å². The Morgan fingerprint density at radius 1 is 1.11 bits per heavy atom. The fourth-order valence-corrected chi connectivity index (χ4v) is 2.54. The summed E-state index contributed by atoms with van der Waals surface area (Å²) in [5, 5.41) is 3.49. The SMILES string of the molecule is [N-]=[N+]=NCC=Cc1ccc2c(c1)Cc1ccccc1-2. The molecule has 3 heteroatoms. The highest BCUT2D eigenvalue weighted by Crippen LogP contribution is 2.36. The number of nitrogens with zero attached hydrogens (tertiary/aromatic N) is 3. The first-order valence-corrected chi connectivity index (χ1v) is 6.27. The fraction of sp³-hybridized carbons (Fsp3) is 0.125. The molecule has 3 nitrogen and oxygen atoms in total. The zero-order valence-electron chi connectivity index (χ0n) is 10.5. The highest BCUT2D eigenvalue weighted by molar-refractivity contribution is 5.78. The largest absolute Gasteiger partial charge is 0.0899 e. The van der Waals surface area contributed by atoms with Gasteiger partial charge in [0.25, 0.3) is 0 Å². The fourth-order valence-electron chi connectivity index (χ4n) is 2.54. The van der Waals surface area contributed by atoms with Gasteiger partial charge in [-0.2, -0.15) is 0 Å². The minimum absolute atomic E-state index is 0.397. The summed E-state index contributed by atoms with van der Waals surface area (Å²) < 4.78 is 0. The molecule has 92 valence electrons. The predicted molar refractivity (Wildman–Crippen MR) is 77.7 cm³/mol. The van der Waals surface area contributed by atoms with E-state index < -0.39 is 0 Å². The zero-order chi connectivity index (χ0) is 13.1. The molecule has 0 aromatic heterocycles. The molecule has 0 saturated heterocycles. The van der Waals surface area contributed by atoms with E-state index in [2.05, 4.69) is 52.5 Å². The van der Waals surface area contributed by atoms with E-state index in [1.807, 2.05) is 12.2 Å². The second kappa shape index (κ2) is 5.01. The summed E-state index contributed by atoms with van der Waals surface area (Å²) in [6.45, 7) is 0.397. The van der Waals surface area contributed by atoms with Gasteiger partial charge >= 0.3 is 0 Å². The van der Waals surface area contributed by atoms with Crippen molar-refractivity contribution in [1.29, 1.82) is 0 Å². The maximum atomic E-state index is 8.21. The van der Waals surface area contributed by atoms with E-state index in [0.29, 0.717) is 6.54 Å². The lowest BCUT2D eigenvalue weighted by molar-refractivity contribution is 1.22. The number of benzene rings is 2. The van der Waals surface area contributed by atoms with Crippen LogP contribution in [0.4, 0.5) is 0 Å². The van der Waals surface area contributed by atoms with Gasteiger partial charge in [0, 0.05) is 11.5 Å². The van der Waals surface area contributed by atoms with Gasteiger partial charge in [-0.1, -0.05) is 59.7 Å². The zero-order valence-corrected chi connectivity index (χ0v) is 10.5. The topological polar surface area (TPSA) is 48.8 Å². The van der Waals surface area contributed by atoms with E-state index in [0.717, 1.165) is 12.0 Å². The third-order valence-corrected chi connectivity index (χ3v) is 3.38. The summed E-state index contributed by atoms with van der Waals surface area (Å²) in [7, 11) is 0. The molecule has 0 bridgehead atoms. The van der Waals surface area contributed by atoms with Crippen LogP contribution in [0.1, 0.15) is 16.7 Å². The van der Waals surface area contributed by atoms with Gasteiger partial charge in [-0.25, -0.2) is 0 Å². The average Bonchev–Trinajstić information content (AvgIpc) is 2.81. The lowest BCUT2D eigenvalue weighted by Crippen LogP contribution is -1.82. The van der Waals surface area contributed by atoms with Gasteiger partial charge in [-0.3, -0.25) is 0 Å². The monoisotopic (exact) mass is 247 g/mol. The van der Waals surface area contributed by atoms with Gasteiger partial charge in [0.1, 0.15) is 0 Å². The summed E-state index contributed by atoms with van der Waals surface area (Å²) in [5.41, 5.74) is 14.8. The number of hydrogen-bond acceptors (Lipinski definition) is 1. The highest BCUT2D eigenvalue weighted by atomic mass is 15.1. The minimum atomic E-state index is 0.397. The van der Waals surface area contributed by atoms with Gasteiger partial charge < -0.3 is 0 Å². The van der Waals surface area contributed by atoms with Crippen LogP contribution in [0.25, 0.3) is 27.6 Å². The molecule has 19 heavy (non-hydrogen) atoms. The van der Waals surface area contributed by atoms with Crippen LogP contribution in [0.5, 0.6) is 0 Å². The Balaban J connectivity index is 1.89. The van der Waals surface area contributed by atoms with Crippen LogP contribution in [-0.2, 0) is 6.42 Å². The molecule has 0 heterocycles. The summed E-state index contributed by atoms with van der Waals surface area (Å²) in [6.07, 6.45) is 4.88. The molecule has 0 spiro atoms. The Kier molecular flexibility index (Phi) is 3.05. The molecular weight excluding hydrogens is 234 g/mol. The third-order valence-electron chi connectivity index (χ3n) is 3.38. The van der Waals surface area contributed by atoms with E-state index in [4.69, 9.17) is 5.53 Å². The molecule has 0 saturated carbocycles. The number of rotatable bonds is 3. The second-order valence-electron chi connectivity index (χ2n) is 4.57. The van der Waals surface area contributed by atoms with Crippen molar-refractivity contribution in [2.75, 3.05) is 6.54 Å². The molecule has 0 atom stereocenters. The predicted octanol–water partition coefficient (Wildman–Crippen LogP) is 4.58. The molecule has 0 radical (unpaired) electrons. The molecule has 1 aliphatic carbocycles. The molecule has 0 fully saturated rings. The second-order valence-corrected chi connectivity index (χ2v) is 4.57. The summed E-state index contributed by atoms with van der Waals surface area (Å²) in [4.78, 5) is 2.73. The molecule has 0 unspecified atom stereocenters. The van der Waals surface area contributed by atoms with Gasteiger partial charge in [0.2, 0.25) is 0 Å². The van der Waals surface area contributed by atoms with Crippen molar-refractivity contribution < 1.29 is 0 Å². The quantitative estimate of drug-likeness (QED) is 0.369. The Morgan fingerprint density at radius 3 is 2.84 bits per heavy atom. The van der Waals surface area contributed by atoms with Crippen molar-refractivity contribution >= 4 is 6.08 Å². The molecule has 2 aromatic rings. The molecule has 0 aliphatic heterocycles. The van der Waals surface area contributed by atoms with Crippen molar-refractivity contribution in [2.24, 2.45) is 5.11 Å². The van der Waals surface area contributed by atoms with Crippen molar-refractivity contribution in [3.8, 4) is 11.1 Å². The Labute approximate surface area is 111 Å². The lowest BCUT2D eigenvalue weighted by atomic mass is 10.0. The van der Waals surface area contributed by atoms with E-state index in [-0.39, 0.29) is 0 Å². The van der Waals surface area contributed by atoms with Crippen LogP contribution in [0.3, 0.4) is 0 Å². The summed E-state index contributed by atoms with van der Waals surface area (Å²) in [6, 6.07) is 15.0. The van der Waals surface area contributed by atoms with Crippen LogP contribution < -0.4 is 0 Å². The van der Waals surface area contributed by atoms with Crippen LogP contribution >= 0.6 is 0 Å². The van der Waals surface area contributed by atoms with E-state index in [1.165, 1.54) is 22.3 Å². The average molecular weight is 247 g/mol. The molecule has 0 amide bonds. The van der Waals surface area contributed by atoms with Crippen molar-refractivity contribution in [3.05, 3.63) is 75.7 Å². The normalized spacial score (nSPS) is 12.0. The highest BCUT2D eigenvalue weighted by Gasteiger charge is 2.17.